The highest BCUT2D eigenvalue weighted by Crippen LogP contribution is 2.21. The van der Waals surface area contributed by atoms with Crippen molar-refractivity contribution < 1.29 is 9.90 Å². The molecule has 0 atom stereocenters. The number of carboxylic acid groups (broad SMARTS) is 1. The van der Waals surface area contributed by atoms with E-state index in [2.05, 4.69) is 9.88 Å². The van der Waals surface area contributed by atoms with Crippen molar-refractivity contribution in [1.29, 1.82) is 5.26 Å². The molecule has 1 fully saturated rings. The van der Waals surface area contributed by atoms with E-state index in [-0.39, 0.29) is 6.42 Å². The highest BCUT2D eigenvalue weighted by molar-refractivity contribution is 5.67. The Kier molecular flexibility index (Phi) is 4.48. The molecule has 1 saturated heterocycles. The van der Waals surface area contributed by atoms with E-state index in [1.165, 1.54) is 0 Å². The van der Waals surface area contributed by atoms with Crippen LogP contribution in [-0.4, -0.2) is 34.0 Å². The number of piperidine rings is 1. The Labute approximate surface area is 112 Å². The molecule has 0 saturated carbocycles. The zero-order valence-electron chi connectivity index (χ0n) is 10.7. The lowest BCUT2D eigenvalue weighted by Gasteiger charge is -2.31. The molecule has 1 aliphatic heterocycles. The van der Waals surface area contributed by atoms with Gasteiger partial charge in [-0.25, -0.2) is 4.98 Å². The molecule has 0 aliphatic carbocycles. The van der Waals surface area contributed by atoms with Crippen molar-refractivity contribution in [2.45, 2.75) is 25.8 Å². The third-order valence-corrected chi connectivity index (χ3v) is 3.52. The fourth-order valence-corrected chi connectivity index (χ4v) is 2.49. The smallest absolute Gasteiger partial charge is 0.303 e. The summed E-state index contributed by atoms with van der Waals surface area (Å²) in [6.45, 7) is 2.64. The lowest BCUT2D eigenvalue weighted by atomic mass is 9.93. The van der Waals surface area contributed by atoms with E-state index in [0.717, 1.165) is 38.0 Å². The molecular weight excluding hydrogens is 242 g/mol. The van der Waals surface area contributed by atoms with Crippen LogP contribution in [0, 0.1) is 17.2 Å². The Morgan fingerprint density at radius 1 is 1.53 bits per heavy atom. The quantitative estimate of drug-likeness (QED) is 0.889. The Balaban J connectivity index is 1.85. The molecule has 2 heterocycles. The maximum atomic E-state index is 10.7. The predicted octanol–water partition coefficient (Wildman–Crippen LogP) is 1.64. The monoisotopic (exact) mass is 259 g/mol. The van der Waals surface area contributed by atoms with Gasteiger partial charge in [-0.1, -0.05) is 0 Å². The topological polar surface area (TPSA) is 77.2 Å². The molecule has 19 heavy (non-hydrogen) atoms. The summed E-state index contributed by atoms with van der Waals surface area (Å²) >= 11 is 0. The second kappa shape index (κ2) is 6.30. The predicted molar refractivity (Wildman–Crippen MR) is 69.2 cm³/mol. The summed E-state index contributed by atoms with van der Waals surface area (Å²) < 4.78 is 0. The van der Waals surface area contributed by atoms with Crippen molar-refractivity contribution in [2.24, 2.45) is 5.92 Å². The number of carbonyl (C=O) groups is 1. The summed E-state index contributed by atoms with van der Waals surface area (Å²) in [6.07, 6.45) is 3.80. The third-order valence-electron chi connectivity index (χ3n) is 3.52. The van der Waals surface area contributed by atoms with Crippen molar-refractivity contribution in [3.63, 3.8) is 0 Å². The second-order valence-electron chi connectivity index (χ2n) is 4.98. The van der Waals surface area contributed by atoms with Gasteiger partial charge in [0.1, 0.15) is 11.8 Å². The van der Waals surface area contributed by atoms with Gasteiger partial charge in [0.25, 0.3) is 0 Å². The third kappa shape index (κ3) is 4.04. The number of carboxylic acids is 1. The molecule has 0 unspecified atom stereocenters. The molecule has 0 aromatic carbocycles. The average Bonchev–Trinajstić information content (AvgIpc) is 2.41. The SMILES string of the molecule is N#Cc1cc(CN2CCC(CC(=O)O)CC2)ccn1. The van der Waals surface area contributed by atoms with Crippen molar-refractivity contribution in [1.82, 2.24) is 9.88 Å². The first-order chi connectivity index (χ1) is 9.17. The number of aliphatic carboxylic acids is 1. The molecule has 0 radical (unpaired) electrons. The molecule has 100 valence electrons. The molecule has 5 heteroatoms. The maximum Gasteiger partial charge on any atom is 0.303 e. The van der Waals surface area contributed by atoms with Crippen molar-refractivity contribution >= 4 is 5.97 Å². The average molecular weight is 259 g/mol. The van der Waals surface area contributed by atoms with E-state index in [1.807, 2.05) is 18.2 Å². The number of likely N-dealkylation sites (tertiary alicyclic amines) is 1. The normalized spacial score (nSPS) is 17.0. The molecular formula is C14H17N3O2. The molecule has 0 spiro atoms. The zero-order valence-corrected chi connectivity index (χ0v) is 10.7. The Bertz CT molecular complexity index is 488. The van der Waals surface area contributed by atoms with Crippen LogP contribution in [0.5, 0.6) is 0 Å². The molecule has 0 bridgehead atoms. The number of hydrogen-bond donors (Lipinski definition) is 1. The molecule has 1 aromatic heterocycles. The Hall–Kier alpha value is -1.93. The van der Waals surface area contributed by atoms with Crippen LogP contribution in [0.15, 0.2) is 18.3 Å². The molecule has 0 amide bonds. The molecule has 1 aliphatic rings. The van der Waals surface area contributed by atoms with E-state index in [4.69, 9.17) is 10.4 Å². The molecule has 1 N–H and O–H groups in total. The van der Waals surface area contributed by atoms with E-state index in [0.29, 0.717) is 11.6 Å². The first-order valence-corrected chi connectivity index (χ1v) is 6.46. The summed E-state index contributed by atoms with van der Waals surface area (Å²) in [5.41, 5.74) is 1.53. The van der Waals surface area contributed by atoms with E-state index in [9.17, 15) is 4.79 Å². The standard InChI is InChI=1S/C14H17N3O2/c15-9-13-7-12(1-4-16-13)10-17-5-2-11(3-6-17)8-14(18)19/h1,4,7,11H,2-3,5-6,8,10H2,(H,18,19). The van der Waals surface area contributed by atoms with Gasteiger partial charge in [0.2, 0.25) is 0 Å². The number of nitrogens with zero attached hydrogens (tertiary/aromatic N) is 3. The highest BCUT2D eigenvalue weighted by atomic mass is 16.4. The van der Waals surface area contributed by atoms with Gasteiger partial charge in [0.15, 0.2) is 0 Å². The van der Waals surface area contributed by atoms with Gasteiger partial charge in [0.05, 0.1) is 0 Å². The summed E-state index contributed by atoms with van der Waals surface area (Å²) in [5, 5.41) is 17.6. The lowest BCUT2D eigenvalue weighted by Crippen LogP contribution is -2.33. The number of pyridine rings is 1. The summed E-state index contributed by atoms with van der Waals surface area (Å²) in [7, 11) is 0. The minimum atomic E-state index is -0.703. The van der Waals surface area contributed by atoms with Crippen LogP contribution in [-0.2, 0) is 11.3 Å². The number of hydrogen-bond acceptors (Lipinski definition) is 4. The van der Waals surface area contributed by atoms with Crippen molar-refractivity contribution in [3.05, 3.63) is 29.6 Å². The van der Waals surface area contributed by atoms with Crippen molar-refractivity contribution in [3.8, 4) is 6.07 Å². The van der Waals surface area contributed by atoms with Crippen LogP contribution >= 0.6 is 0 Å². The highest BCUT2D eigenvalue weighted by Gasteiger charge is 2.21. The summed E-state index contributed by atoms with van der Waals surface area (Å²) in [5.74, 6) is -0.396. The van der Waals surface area contributed by atoms with Gasteiger partial charge >= 0.3 is 5.97 Å². The van der Waals surface area contributed by atoms with Crippen LogP contribution in [0.3, 0.4) is 0 Å². The fraction of sp³-hybridized carbons (Fsp3) is 0.500. The largest absolute Gasteiger partial charge is 0.481 e. The lowest BCUT2D eigenvalue weighted by molar-refractivity contribution is -0.138. The van der Waals surface area contributed by atoms with E-state index >= 15 is 0 Å². The van der Waals surface area contributed by atoms with Gasteiger partial charge in [-0.05, 0) is 49.5 Å². The first-order valence-electron chi connectivity index (χ1n) is 6.46. The molecule has 5 nitrogen and oxygen atoms in total. The van der Waals surface area contributed by atoms with Gasteiger partial charge in [-0.2, -0.15) is 5.26 Å². The van der Waals surface area contributed by atoms with Gasteiger partial charge in [-0.15, -0.1) is 0 Å². The molecule has 1 aromatic rings. The van der Waals surface area contributed by atoms with Crippen LogP contribution in [0.1, 0.15) is 30.5 Å². The second-order valence-corrected chi connectivity index (χ2v) is 4.98. The summed E-state index contributed by atoms with van der Waals surface area (Å²) in [4.78, 5) is 16.9. The van der Waals surface area contributed by atoms with Crippen LogP contribution in [0.4, 0.5) is 0 Å². The van der Waals surface area contributed by atoms with Crippen LogP contribution < -0.4 is 0 Å². The van der Waals surface area contributed by atoms with Crippen LogP contribution in [0.2, 0.25) is 0 Å². The van der Waals surface area contributed by atoms with Gasteiger partial charge in [0, 0.05) is 19.2 Å². The van der Waals surface area contributed by atoms with Gasteiger partial charge < -0.3 is 5.11 Å². The first kappa shape index (κ1) is 13.5. The summed E-state index contributed by atoms with van der Waals surface area (Å²) in [6, 6.07) is 5.77. The fourth-order valence-electron chi connectivity index (χ4n) is 2.49. The minimum Gasteiger partial charge on any atom is -0.481 e. The van der Waals surface area contributed by atoms with E-state index in [1.54, 1.807) is 6.20 Å². The number of nitriles is 1. The Morgan fingerprint density at radius 3 is 2.89 bits per heavy atom. The Morgan fingerprint density at radius 2 is 2.26 bits per heavy atom. The zero-order chi connectivity index (χ0) is 13.7. The van der Waals surface area contributed by atoms with Crippen LogP contribution in [0.25, 0.3) is 0 Å². The molecule has 2 rings (SSSR count). The minimum absolute atomic E-state index is 0.279. The van der Waals surface area contributed by atoms with Crippen molar-refractivity contribution in [2.75, 3.05) is 13.1 Å². The van der Waals surface area contributed by atoms with E-state index < -0.39 is 5.97 Å². The maximum absolute atomic E-state index is 10.7. The van der Waals surface area contributed by atoms with Gasteiger partial charge in [-0.3, -0.25) is 9.69 Å². The number of aromatic nitrogens is 1. The number of rotatable bonds is 4.